The summed E-state index contributed by atoms with van der Waals surface area (Å²) in [7, 11) is 1.60. The number of methoxy groups -OCH3 is 1. The molecule has 1 saturated heterocycles. The Kier molecular flexibility index (Phi) is 7.48. The first kappa shape index (κ1) is 23.5. The minimum absolute atomic E-state index is 0.220. The lowest BCUT2D eigenvalue weighted by atomic mass is 9.89. The lowest BCUT2D eigenvalue weighted by Gasteiger charge is -2.36. The fraction of sp³-hybridized carbons (Fsp3) is 0.538. The normalized spacial score (nSPS) is 17.4. The van der Waals surface area contributed by atoms with Gasteiger partial charge in [0.1, 0.15) is 11.4 Å². The second kappa shape index (κ2) is 10.5. The summed E-state index contributed by atoms with van der Waals surface area (Å²) in [4.78, 5) is 30.2. The molecular weight excluding hydrogens is 421 g/mol. The van der Waals surface area contributed by atoms with Gasteiger partial charge in [0.15, 0.2) is 5.43 Å². The Balaban J connectivity index is 1.57. The second-order valence-electron chi connectivity index (χ2n) is 9.25. The van der Waals surface area contributed by atoms with Gasteiger partial charge in [-0.3, -0.25) is 9.59 Å². The van der Waals surface area contributed by atoms with E-state index in [0.29, 0.717) is 43.5 Å². The van der Waals surface area contributed by atoms with Crippen LogP contribution in [0.1, 0.15) is 53.8 Å². The highest BCUT2D eigenvalue weighted by molar-refractivity contribution is 5.95. The highest BCUT2D eigenvalue weighted by Crippen LogP contribution is 2.27. The molecule has 1 aromatic heterocycles. The molecule has 0 unspecified atom stereocenters. The minimum atomic E-state index is -0.260. The number of nitrogens with zero attached hydrogens (tertiary/aromatic N) is 3. The smallest absolute Gasteiger partial charge is 0.259 e. The SMILES string of the molecule is COCc1c(C(=O)N2CCN(c3ccccc3F)CC2)c(=O)cc(C)n1CC1CCCCC1. The summed E-state index contributed by atoms with van der Waals surface area (Å²) in [6.07, 6.45) is 6.12. The van der Waals surface area contributed by atoms with Gasteiger partial charge in [0.25, 0.3) is 5.91 Å². The van der Waals surface area contributed by atoms with E-state index in [-0.39, 0.29) is 29.3 Å². The van der Waals surface area contributed by atoms with Crippen LogP contribution in [0.3, 0.4) is 0 Å². The van der Waals surface area contributed by atoms with E-state index >= 15 is 0 Å². The van der Waals surface area contributed by atoms with Crippen LogP contribution >= 0.6 is 0 Å². The first-order chi connectivity index (χ1) is 16.0. The van der Waals surface area contributed by atoms with Gasteiger partial charge in [-0.25, -0.2) is 4.39 Å². The van der Waals surface area contributed by atoms with E-state index in [2.05, 4.69) is 4.57 Å². The highest BCUT2D eigenvalue weighted by atomic mass is 19.1. The van der Waals surface area contributed by atoms with Crippen molar-refractivity contribution in [1.82, 2.24) is 9.47 Å². The van der Waals surface area contributed by atoms with E-state index in [1.54, 1.807) is 30.2 Å². The van der Waals surface area contributed by atoms with Gasteiger partial charge in [-0.05, 0) is 37.8 Å². The van der Waals surface area contributed by atoms with Crippen LogP contribution in [0.2, 0.25) is 0 Å². The Hall–Kier alpha value is -2.67. The molecule has 33 heavy (non-hydrogen) atoms. The second-order valence-corrected chi connectivity index (χ2v) is 9.25. The number of pyridine rings is 1. The number of carbonyl (C=O) groups is 1. The summed E-state index contributed by atoms with van der Waals surface area (Å²) in [5, 5.41) is 0. The van der Waals surface area contributed by atoms with Crippen LogP contribution in [0.15, 0.2) is 35.1 Å². The molecule has 0 N–H and O–H groups in total. The van der Waals surface area contributed by atoms with Crippen molar-refractivity contribution in [3.05, 3.63) is 63.3 Å². The van der Waals surface area contributed by atoms with Gasteiger partial charge >= 0.3 is 0 Å². The maximum Gasteiger partial charge on any atom is 0.259 e. The summed E-state index contributed by atoms with van der Waals surface area (Å²) in [5.74, 6) is 0.0456. The Labute approximate surface area is 195 Å². The summed E-state index contributed by atoms with van der Waals surface area (Å²) in [6.45, 7) is 4.89. The van der Waals surface area contributed by atoms with Gasteiger partial charge in [-0.15, -0.1) is 0 Å². The standard InChI is InChI=1S/C26H34FN3O3/c1-19-16-24(31)25(23(18-33-2)30(19)17-20-8-4-3-5-9-20)26(32)29-14-12-28(13-15-29)22-11-7-6-10-21(22)27/h6-7,10-11,16,20H,3-5,8-9,12-15,17-18H2,1-2H3. The first-order valence-corrected chi connectivity index (χ1v) is 12.0. The fourth-order valence-electron chi connectivity index (χ4n) is 5.24. The number of rotatable bonds is 6. The number of amides is 1. The molecule has 2 aromatic rings. The topological polar surface area (TPSA) is 54.8 Å². The third kappa shape index (κ3) is 5.13. The summed E-state index contributed by atoms with van der Waals surface area (Å²) >= 11 is 0. The monoisotopic (exact) mass is 455 g/mol. The van der Waals surface area contributed by atoms with Crippen LogP contribution in [0.4, 0.5) is 10.1 Å². The van der Waals surface area contributed by atoms with Crippen LogP contribution in [0, 0.1) is 18.7 Å². The third-order valence-electron chi connectivity index (χ3n) is 7.05. The lowest BCUT2D eigenvalue weighted by Crippen LogP contribution is -2.50. The number of hydrogen-bond acceptors (Lipinski definition) is 4. The fourth-order valence-corrected chi connectivity index (χ4v) is 5.24. The maximum absolute atomic E-state index is 14.2. The van der Waals surface area contributed by atoms with E-state index in [4.69, 9.17) is 4.74 Å². The zero-order valence-corrected chi connectivity index (χ0v) is 19.7. The zero-order chi connectivity index (χ0) is 23.4. The molecule has 6 nitrogen and oxygen atoms in total. The van der Waals surface area contributed by atoms with Gasteiger partial charge in [-0.1, -0.05) is 31.4 Å². The maximum atomic E-state index is 14.2. The Bertz CT molecular complexity index is 1040. The predicted octanol–water partition coefficient (Wildman–Crippen LogP) is 3.98. The van der Waals surface area contributed by atoms with E-state index in [1.165, 1.54) is 38.2 Å². The van der Waals surface area contributed by atoms with Crippen molar-refractivity contribution in [3.63, 3.8) is 0 Å². The Morgan fingerprint density at radius 2 is 1.79 bits per heavy atom. The largest absolute Gasteiger partial charge is 0.378 e. The number of carbonyl (C=O) groups excluding carboxylic acids is 1. The van der Waals surface area contributed by atoms with Crippen molar-refractivity contribution in [1.29, 1.82) is 0 Å². The minimum Gasteiger partial charge on any atom is -0.378 e. The van der Waals surface area contributed by atoms with Gasteiger partial charge in [0, 0.05) is 51.6 Å². The molecule has 0 bridgehead atoms. The lowest BCUT2D eigenvalue weighted by molar-refractivity contribution is 0.0737. The molecule has 2 fully saturated rings. The van der Waals surface area contributed by atoms with Gasteiger partial charge in [0.2, 0.25) is 0 Å². The van der Waals surface area contributed by atoms with E-state index in [0.717, 1.165) is 12.2 Å². The van der Waals surface area contributed by atoms with E-state index in [1.807, 2.05) is 17.9 Å². The van der Waals surface area contributed by atoms with Gasteiger partial charge < -0.3 is 19.1 Å². The number of aromatic nitrogens is 1. The molecule has 4 rings (SSSR count). The molecule has 0 radical (unpaired) electrons. The van der Waals surface area contributed by atoms with Crippen LogP contribution in [-0.2, 0) is 17.9 Å². The van der Waals surface area contributed by atoms with Crippen molar-refractivity contribution in [3.8, 4) is 0 Å². The average Bonchev–Trinajstić information content (AvgIpc) is 2.82. The van der Waals surface area contributed by atoms with Crippen molar-refractivity contribution in [2.75, 3.05) is 38.2 Å². The summed E-state index contributed by atoms with van der Waals surface area (Å²) < 4.78 is 21.8. The molecule has 1 aliphatic heterocycles. The number of halogens is 1. The number of benzene rings is 1. The van der Waals surface area contributed by atoms with Gasteiger partial charge in [0.05, 0.1) is 18.0 Å². The first-order valence-electron chi connectivity index (χ1n) is 12.0. The molecule has 0 spiro atoms. The molecule has 2 aliphatic rings. The highest BCUT2D eigenvalue weighted by Gasteiger charge is 2.29. The predicted molar refractivity (Wildman–Crippen MR) is 127 cm³/mol. The molecular formula is C26H34FN3O3. The molecule has 1 amide bonds. The summed E-state index contributed by atoms with van der Waals surface area (Å²) in [6, 6.07) is 8.28. The van der Waals surface area contributed by atoms with Crippen molar-refractivity contribution >= 4 is 11.6 Å². The van der Waals surface area contributed by atoms with Crippen molar-refractivity contribution in [2.45, 2.75) is 52.2 Å². The molecule has 178 valence electrons. The van der Waals surface area contributed by atoms with Crippen LogP contribution in [0.25, 0.3) is 0 Å². The molecule has 0 atom stereocenters. The zero-order valence-electron chi connectivity index (χ0n) is 19.7. The van der Waals surface area contributed by atoms with Crippen LogP contribution in [-0.4, -0.2) is 48.7 Å². The van der Waals surface area contributed by atoms with Crippen LogP contribution < -0.4 is 10.3 Å². The van der Waals surface area contributed by atoms with Crippen molar-refractivity contribution in [2.24, 2.45) is 5.92 Å². The quantitative estimate of drug-likeness (QED) is 0.661. The number of ether oxygens (including phenoxy) is 1. The number of aryl methyl sites for hydroxylation is 1. The number of anilines is 1. The average molecular weight is 456 g/mol. The molecule has 2 heterocycles. The van der Waals surface area contributed by atoms with E-state index < -0.39 is 0 Å². The Morgan fingerprint density at radius 3 is 2.45 bits per heavy atom. The number of para-hydroxylation sites is 1. The molecule has 7 heteroatoms. The van der Waals surface area contributed by atoms with Crippen LogP contribution in [0.5, 0.6) is 0 Å². The molecule has 1 saturated carbocycles. The van der Waals surface area contributed by atoms with E-state index in [9.17, 15) is 14.0 Å². The summed E-state index contributed by atoms with van der Waals surface area (Å²) in [5.41, 5.74) is 2.07. The Morgan fingerprint density at radius 1 is 1.09 bits per heavy atom. The van der Waals surface area contributed by atoms with Crippen molar-refractivity contribution < 1.29 is 13.9 Å². The number of hydrogen-bond donors (Lipinski definition) is 0. The molecule has 1 aliphatic carbocycles. The number of piperazine rings is 1. The van der Waals surface area contributed by atoms with Gasteiger partial charge in [-0.2, -0.15) is 0 Å². The molecule has 1 aromatic carbocycles. The third-order valence-corrected chi connectivity index (χ3v) is 7.05.